The second-order valence-electron chi connectivity index (χ2n) is 6.44. The van der Waals surface area contributed by atoms with Gasteiger partial charge < -0.3 is 5.32 Å². The smallest absolute Gasteiger partial charge is 0.247 e. The molecule has 29 heavy (non-hydrogen) atoms. The lowest BCUT2D eigenvalue weighted by Crippen LogP contribution is -2.30. The molecule has 1 heterocycles. The van der Waals surface area contributed by atoms with Crippen LogP contribution in [-0.2, 0) is 16.1 Å². The zero-order valence-electron chi connectivity index (χ0n) is 15.3. The Morgan fingerprint density at radius 2 is 2.00 bits per heavy atom. The molecular formula is C21H17ClFN3O2S. The van der Waals surface area contributed by atoms with Crippen molar-refractivity contribution in [2.75, 3.05) is 5.75 Å². The summed E-state index contributed by atoms with van der Waals surface area (Å²) < 4.78 is 14.2. The number of rotatable bonds is 5. The topological polar surface area (TPSA) is 82.3 Å². The Morgan fingerprint density at radius 1 is 1.28 bits per heavy atom. The van der Waals surface area contributed by atoms with Crippen LogP contribution in [0.4, 0.5) is 4.39 Å². The van der Waals surface area contributed by atoms with Gasteiger partial charge in [0.1, 0.15) is 11.7 Å². The Hall–Kier alpha value is -2.69. The third kappa shape index (κ3) is 5.22. The molecule has 148 valence electrons. The van der Waals surface area contributed by atoms with Crippen LogP contribution in [0.1, 0.15) is 23.5 Å². The Morgan fingerprint density at radius 3 is 2.72 bits per heavy atom. The minimum Gasteiger partial charge on any atom is -0.351 e. The van der Waals surface area contributed by atoms with Crippen molar-refractivity contribution in [1.29, 1.82) is 5.26 Å². The normalized spacial score (nSPS) is 18.7. The summed E-state index contributed by atoms with van der Waals surface area (Å²) in [7, 11) is 0. The van der Waals surface area contributed by atoms with E-state index in [1.165, 1.54) is 6.07 Å². The van der Waals surface area contributed by atoms with E-state index >= 15 is 0 Å². The summed E-state index contributed by atoms with van der Waals surface area (Å²) in [5.74, 6) is -2.60. The van der Waals surface area contributed by atoms with Crippen LogP contribution in [0.15, 0.2) is 53.5 Å². The van der Waals surface area contributed by atoms with Gasteiger partial charge in [-0.15, -0.1) is 0 Å². The van der Waals surface area contributed by atoms with Gasteiger partial charge in [-0.3, -0.25) is 9.59 Å². The first-order chi connectivity index (χ1) is 14.0. The number of nitriles is 1. The monoisotopic (exact) mass is 429 g/mol. The van der Waals surface area contributed by atoms with Gasteiger partial charge in [-0.1, -0.05) is 59.8 Å². The van der Waals surface area contributed by atoms with Gasteiger partial charge in [0, 0.05) is 23.9 Å². The molecule has 0 bridgehead atoms. The van der Waals surface area contributed by atoms with Crippen molar-refractivity contribution in [3.05, 3.63) is 70.5 Å². The van der Waals surface area contributed by atoms with Gasteiger partial charge in [0.25, 0.3) is 0 Å². The minimum absolute atomic E-state index is 0.0151. The maximum atomic E-state index is 14.2. The molecule has 2 amide bonds. The maximum absolute atomic E-state index is 14.2. The average molecular weight is 430 g/mol. The number of thioether (sulfide) groups is 1. The lowest BCUT2D eigenvalue weighted by Gasteiger charge is -2.26. The number of hydrogen-bond acceptors (Lipinski definition) is 4. The largest absolute Gasteiger partial charge is 0.351 e. The van der Waals surface area contributed by atoms with Crippen LogP contribution in [0.25, 0.3) is 0 Å². The van der Waals surface area contributed by atoms with E-state index in [0.29, 0.717) is 10.6 Å². The van der Waals surface area contributed by atoms with Gasteiger partial charge in [0.05, 0.1) is 16.9 Å². The number of aliphatic imine (C=N–C) groups is 1. The number of halogens is 2. The Balaban J connectivity index is 1.65. The number of carbonyl (C=O) groups is 2. The molecule has 2 atom stereocenters. The van der Waals surface area contributed by atoms with Crippen molar-refractivity contribution in [3.8, 4) is 6.07 Å². The number of hydrogen-bond donors (Lipinski definition) is 1. The molecule has 0 radical (unpaired) electrons. The summed E-state index contributed by atoms with van der Waals surface area (Å²) in [6, 6.07) is 15.4. The number of carbonyl (C=O) groups excluding carboxylic acids is 2. The Labute approximate surface area is 177 Å². The summed E-state index contributed by atoms with van der Waals surface area (Å²) in [6.45, 7) is 0.268. The van der Waals surface area contributed by atoms with Gasteiger partial charge in [0.2, 0.25) is 11.8 Å². The van der Waals surface area contributed by atoms with Crippen LogP contribution >= 0.6 is 23.4 Å². The van der Waals surface area contributed by atoms with Gasteiger partial charge in [-0.2, -0.15) is 5.26 Å². The first-order valence-corrected chi connectivity index (χ1v) is 10.2. The molecule has 0 fully saturated rings. The fourth-order valence-corrected chi connectivity index (χ4v) is 4.22. The van der Waals surface area contributed by atoms with E-state index in [1.807, 2.05) is 12.1 Å². The van der Waals surface area contributed by atoms with Crippen LogP contribution < -0.4 is 5.32 Å². The predicted molar refractivity (Wildman–Crippen MR) is 111 cm³/mol. The fraction of sp³-hybridized carbons (Fsp3) is 0.238. The molecule has 1 aliphatic rings. The van der Waals surface area contributed by atoms with Crippen LogP contribution in [0.3, 0.4) is 0 Å². The number of amides is 2. The molecule has 0 aliphatic carbocycles. The molecule has 3 rings (SSSR count). The molecule has 5 nitrogen and oxygen atoms in total. The highest BCUT2D eigenvalue weighted by Gasteiger charge is 2.36. The zero-order chi connectivity index (χ0) is 20.8. The second kappa shape index (κ2) is 9.68. The van der Waals surface area contributed by atoms with E-state index in [9.17, 15) is 19.2 Å². The van der Waals surface area contributed by atoms with E-state index < -0.39 is 23.6 Å². The van der Waals surface area contributed by atoms with Crippen LogP contribution in [0.5, 0.6) is 0 Å². The molecule has 0 spiro atoms. The third-order valence-electron chi connectivity index (χ3n) is 4.53. The molecule has 1 aliphatic heterocycles. The molecule has 1 N–H and O–H groups in total. The molecular weight excluding hydrogens is 413 g/mol. The first-order valence-electron chi connectivity index (χ1n) is 8.88. The standard InChI is InChI=1S/C21H17ClFN3O2S/c22-17-7-3-1-5-13(17)11-25-20(28)12-29-21-16(10-24)15(9-19(27)26-21)14-6-2-4-8-18(14)23/h1-8,15-16H,9,11-12H2,(H,25,28). The Kier molecular flexibility index (Phi) is 7.02. The molecule has 2 unspecified atom stereocenters. The highest BCUT2D eigenvalue weighted by Crippen LogP contribution is 2.37. The lowest BCUT2D eigenvalue weighted by molar-refractivity contribution is -0.119. The highest BCUT2D eigenvalue weighted by molar-refractivity contribution is 8.14. The van der Waals surface area contributed by atoms with Crippen molar-refractivity contribution in [1.82, 2.24) is 5.32 Å². The molecule has 0 saturated heterocycles. The van der Waals surface area contributed by atoms with E-state index in [4.69, 9.17) is 11.6 Å². The molecule has 2 aromatic rings. The third-order valence-corrected chi connectivity index (χ3v) is 5.94. The van der Waals surface area contributed by atoms with Crippen molar-refractivity contribution in [2.45, 2.75) is 18.9 Å². The van der Waals surface area contributed by atoms with Crippen molar-refractivity contribution < 1.29 is 14.0 Å². The Bertz CT molecular complexity index is 1010. The number of nitrogens with zero attached hydrogens (tertiary/aromatic N) is 2. The predicted octanol–water partition coefficient (Wildman–Crippen LogP) is 4.08. The van der Waals surface area contributed by atoms with E-state index in [1.54, 1.807) is 30.3 Å². The summed E-state index contributed by atoms with van der Waals surface area (Å²) >= 11 is 7.09. The second-order valence-corrected chi connectivity index (χ2v) is 7.84. The van der Waals surface area contributed by atoms with Crippen molar-refractivity contribution in [2.24, 2.45) is 10.9 Å². The van der Waals surface area contributed by atoms with E-state index in [-0.39, 0.29) is 29.7 Å². The van der Waals surface area contributed by atoms with Gasteiger partial charge in [-0.05, 0) is 23.3 Å². The maximum Gasteiger partial charge on any atom is 0.247 e. The molecule has 0 aromatic heterocycles. The first kappa shape index (κ1) is 21.0. The SMILES string of the molecule is N#CC1C(SCC(=O)NCc2ccccc2Cl)=NC(=O)CC1c1ccccc1F. The summed E-state index contributed by atoms with van der Waals surface area (Å²) in [5.41, 5.74) is 1.09. The van der Waals surface area contributed by atoms with Crippen LogP contribution in [0, 0.1) is 23.1 Å². The van der Waals surface area contributed by atoms with E-state index in [2.05, 4.69) is 16.4 Å². The van der Waals surface area contributed by atoms with E-state index in [0.717, 1.165) is 17.3 Å². The lowest BCUT2D eigenvalue weighted by atomic mass is 9.82. The van der Waals surface area contributed by atoms with Gasteiger partial charge in [0.15, 0.2) is 0 Å². The summed E-state index contributed by atoms with van der Waals surface area (Å²) in [5, 5.41) is 13.2. The number of benzene rings is 2. The molecule has 8 heteroatoms. The van der Waals surface area contributed by atoms with Crippen molar-refractivity contribution >= 4 is 40.2 Å². The summed E-state index contributed by atoms with van der Waals surface area (Å²) in [6.07, 6.45) is -0.0398. The zero-order valence-corrected chi connectivity index (χ0v) is 16.8. The summed E-state index contributed by atoms with van der Waals surface area (Å²) in [4.78, 5) is 28.2. The van der Waals surface area contributed by atoms with Crippen molar-refractivity contribution in [3.63, 3.8) is 0 Å². The van der Waals surface area contributed by atoms with Gasteiger partial charge >= 0.3 is 0 Å². The molecule has 0 saturated carbocycles. The van der Waals surface area contributed by atoms with Gasteiger partial charge in [-0.25, -0.2) is 9.38 Å². The van der Waals surface area contributed by atoms with Crippen LogP contribution in [-0.4, -0.2) is 22.6 Å². The van der Waals surface area contributed by atoms with Crippen LogP contribution in [0.2, 0.25) is 5.02 Å². The highest BCUT2D eigenvalue weighted by atomic mass is 35.5. The quantitative estimate of drug-likeness (QED) is 0.776. The minimum atomic E-state index is -0.786. The molecule has 2 aromatic carbocycles. The number of nitrogens with one attached hydrogen (secondary N) is 1. The average Bonchev–Trinajstić information content (AvgIpc) is 2.71. The fourth-order valence-electron chi connectivity index (χ4n) is 3.07.